The van der Waals surface area contributed by atoms with E-state index < -0.39 is 4.92 Å². The summed E-state index contributed by atoms with van der Waals surface area (Å²) in [5.74, 6) is 0.780. The minimum atomic E-state index is -0.570. The third-order valence-electron chi connectivity index (χ3n) is 3.00. The number of rotatable bonds is 4. The van der Waals surface area contributed by atoms with Crippen LogP contribution < -0.4 is 10.1 Å². The number of ether oxygens (including phenoxy) is 1. The van der Waals surface area contributed by atoms with E-state index in [0.29, 0.717) is 5.69 Å². The molecule has 0 bridgehead atoms. The van der Waals surface area contributed by atoms with Gasteiger partial charge in [0.1, 0.15) is 17.4 Å². The predicted octanol–water partition coefficient (Wildman–Crippen LogP) is 3.53. The topological polar surface area (TPSA) is 88.2 Å². The van der Waals surface area contributed by atoms with Gasteiger partial charge in [0, 0.05) is 17.4 Å². The number of nitro benzene ring substituents is 1. The molecule has 2 aromatic carbocycles. The van der Waals surface area contributed by atoms with Crippen LogP contribution in [0, 0.1) is 28.4 Å². The van der Waals surface area contributed by atoms with Crippen molar-refractivity contribution in [3.05, 3.63) is 57.6 Å². The van der Waals surface area contributed by atoms with Crippen LogP contribution in [-0.4, -0.2) is 12.0 Å². The first-order valence-electron chi connectivity index (χ1n) is 6.15. The Hall–Kier alpha value is -3.07. The Kier molecular flexibility index (Phi) is 4.05. The zero-order valence-electron chi connectivity index (χ0n) is 11.6. The largest absolute Gasteiger partial charge is 0.496 e. The van der Waals surface area contributed by atoms with Crippen molar-refractivity contribution in [2.45, 2.75) is 6.92 Å². The molecule has 1 N–H and O–H groups in total. The van der Waals surface area contributed by atoms with Gasteiger partial charge in [0.05, 0.1) is 12.0 Å². The molecule has 6 nitrogen and oxygen atoms in total. The molecule has 106 valence electrons. The number of nitriles is 1. The summed E-state index contributed by atoms with van der Waals surface area (Å²) in [4.78, 5) is 10.2. The molecule has 0 fully saturated rings. The van der Waals surface area contributed by atoms with Crippen LogP contribution in [0.15, 0.2) is 36.4 Å². The van der Waals surface area contributed by atoms with Crippen molar-refractivity contribution >= 4 is 17.1 Å². The van der Waals surface area contributed by atoms with E-state index in [1.807, 2.05) is 31.2 Å². The van der Waals surface area contributed by atoms with Gasteiger partial charge < -0.3 is 10.1 Å². The van der Waals surface area contributed by atoms with Crippen LogP contribution in [0.2, 0.25) is 0 Å². The van der Waals surface area contributed by atoms with Gasteiger partial charge in [-0.2, -0.15) is 5.26 Å². The first kappa shape index (κ1) is 14.3. The van der Waals surface area contributed by atoms with Crippen LogP contribution in [-0.2, 0) is 0 Å². The van der Waals surface area contributed by atoms with Gasteiger partial charge >= 0.3 is 0 Å². The Bertz CT molecular complexity index is 735. The molecule has 0 radical (unpaired) electrons. The number of hydrogen-bond acceptors (Lipinski definition) is 5. The summed E-state index contributed by atoms with van der Waals surface area (Å²) in [6.07, 6.45) is 0. The van der Waals surface area contributed by atoms with Crippen molar-refractivity contribution in [3.8, 4) is 11.8 Å². The quantitative estimate of drug-likeness (QED) is 0.685. The van der Waals surface area contributed by atoms with Crippen molar-refractivity contribution in [2.75, 3.05) is 12.4 Å². The fourth-order valence-corrected chi connectivity index (χ4v) is 1.99. The molecule has 0 atom stereocenters. The standard InChI is InChI=1S/C15H13N3O3/c1-10-7-12(4-6-15(10)21-2)17-13-3-5-14(18(19)20)11(8-13)9-16/h3-8,17H,1-2H3. The van der Waals surface area contributed by atoms with Crippen molar-refractivity contribution in [1.29, 1.82) is 5.26 Å². The lowest BCUT2D eigenvalue weighted by Crippen LogP contribution is -1.96. The maximum absolute atomic E-state index is 10.8. The van der Waals surface area contributed by atoms with Gasteiger partial charge in [-0.25, -0.2) is 0 Å². The van der Waals surface area contributed by atoms with Crippen LogP contribution in [0.5, 0.6) is 5.75 Å². The van der Waals surface area contributed by atoms with Crippen molar-refractivity contribution in [1.82, 2.24) is 0 Å². The Morgan fingerprint density at radius 1 is 1.24 bits per heavy atom. The summed E-state index contributed by atoms with van der Waals surface area (Å²) in [5.41, 5.74) is 2.21. The van der Waals surface area contributed by atoms with E-state index in [1.165, 1.54) is 12.1 Å². The number of nitrogens with zero attached hydrogens (tertiary/aromatic N) is 2. The van der Waals surface area contributed by atoms with E-state index in [0.717, 1.165) is 17.0 Å². The van der Waals surface area contributed by atoms with E-state index in [9.17, 15) is 10.1 Å². The molecule has 0 spiro atoms. The number of benzene rings is 2. The Labute approximate surface area is 121 Å². The van der Waals surface area contributed by atoms with E-state index in [2.05, 4.69) is 5.32 Å². The molecule has 0 aliphatic rings. The Balaban J connectivity index is 2.30. The fraction of sp³-hybridized carbons (Fsp3) is 0.133. The molecule has 0 aliphatic carbocycles. The lowest BCUT2D eigenvalue weighted by molar-refractivity contribution is -0.385. The monoisotopic (exact) mass is 283 g/mol. The molecular weight excluding hydrogens is 270 g/mol. The highest BCUT2D eigenvalue weighted by atomic mass is 16.6. The highest BCUT2D eigenvalue weighted by Gasteiger charge is 2.13. The maximum Gasteiger partial charge on any atom is 0.287 e. The second-order valence-corrected chi connectivity index (χ2v) is 4.41. The second kappa shape index (κ2) is 5.92. The van der Waals surface area contributed by atoms with Crippen molar-refractivity contribution in [3.63, 3.8) is 0 Å². The average molecular weight is 283 g/mol. The molecule has 0 amide bonds. The molecule has 0 aliphatic heterocycles. The highest BCUT2D eigenvalue weighted by molar-refractivity contribution is 5.66. The minimum Gasteiger partial charge on any atom is -0.496 e. The van der Waals surface area contributed by atoms with Gasteiger partial charge in [-0.1, -0.05) is 0 Å². The summed E-state index contributed by atoms with van der Waals surface area (Å²) in [7, 11) is 1.60. The molecule has 0 saturated carbocycles. The van der Waals surface area contributed by atoms with E-state index in [4.69, 9.17) is 10.00 Å². The number of hydrogen-bond donors (Lipinski definition) is 1. The zero-order valence-corrected chi connectivity index (χ0v) is 11.6. The summed E-state index contributed by atoms with van der Waals surface area (Å²) in [5, 5.41) is 22.9. The maximum atomic E-state index is 10.8. The lowest BCUT2D eigenvalue weighted by Gasteiger charge is -2.10. The average Bonchev–Trinajstić information content (AvgIpc) is 2.47. The molecule has 0 unspecified atom stereocenters. The summed E-state index contributed by atoms with van der Waals surface area (Å²) < 4.78 is 5.18. The first-order valence-corrected chi connectivity index (χ1v) is 6.15. The number of nitrogens with one attached hydrogen (secondary N) is 1. The summed E-state index contributed by atoms with van der Waals surface area (Å²) in [6.45, 7) is 1.92. The molecule has 2 rings (SSSR count). The van der Waals surface area contributed by atoms with Gasteiger partial charge in [0.15, 0.2) is 0 Å². The predicted molar refractivity (Wildman–Crippen MR) is 78.8 cm³/mol. The van der Waals surface area contributed by atoms with E-state index >= 15 is 0 Å². The zero-order chi connectivity index (χ0) is 15.4. The molecule has 2 aromatic rings. The number of aryl methyl sites for hydroxylation is 1. The number of anilines is 2. The van der Waals surface area contributed by atoms with E-state index in [1.54, 1.807) is 13.2 Å². The fourth-order valence-electron chi connectivity index (χ4n) is 1.99. The van der Waals surface area contributed by atoms with Crippen LogP contribution in [0.3, 0.4) is 0 Å². The highest BCUT2D eigenvalue weighted by Crippen LogP contribution is 2.27. The van der Waals surface area contributed by atoms with Crippen LogP contribution in [0.1, 0.15) is 11.1 Å². The third-order valence-corrected chi connectivity index (χ3v) is 3.00. The van der Waals surface area contributed by atoms with Crippen molar-refractivity contribution < 1.29 is 9.66 Å². The molecular formula is C15H13N3O3. The van der Waals surface area contributed by atoms with Gasteiger partial charge in [0.2, 0.25) is 0 Å². The van der Waals surface area contributed by atoms with Gasteiger partial charge in [-0.15, -0.1) is 0 Å². The van der Waals surface area contributed by atoms with Gasteiger partial charge in [0.25, 0.3) is 5.69 Å². The van der Waals surface area contributed by atoms with Crippen LogP contribution in [0.4, 0.5) is 17.1 Å². The molecule has 0 heterocycles. The molecule has 6 heteroatoms. The molecule has 0 saturated heterocycles. The minimum absolute atomic E-state index is 0.0234. The van der Waals surface area contributed by atoms with Crippen molar-refractivity contribution in [2.24, 2.45) is 0 Å². The normalized spacial score (nSPS) is 9.76. The number of methoxy groups -OCH3 is 1. The Morgan fingerprint density at radius 3 is 2.48 bits per heavy atom. The number of nitro groups is 1. The van der Waals surface area contributed by atoms with E-state index in [-0.39, 0.29) is 11.3 Å². The third kappa shape index (κ3) is 3.09. The van der Waals surface area contributed by atoms with Gasteiger partial charge in [-0.05, 0) is 42.8 Å². The first-order chi connectivity index (χ1) is 10.0. The van der Waals surface area contributed by atoms with Gasteiger partial charge in [-0.3, -0.25) is 10.1 Å². The van der Waals surface area contributed by atoms with Crippen LogP contribution in [0.25, 0.3) is 0 Å². The van der Waals surface area contributed by atoms with Crippen LogP contribution >= 0.6 is 0 Å². The SMILES string of the molecule is COc1ccc(Nc2ccc([N+](=O)[O-])c(C#N)c2)cc1C. The summed E-state index contributed by atoms with van der Waals surface area (Å²) in [6, 6.07) is 11.7. The lowest BCUT2D eigenvalue weighted by atomic mass is 10.1. The Morgan fingerprint density at radius 2 is 1.90 bits per heavy atom. The molecule has 21 heavy (non-hydrogen) atoms. The summed E-state index contributed by atoms with van der Waals surface area (Å²) >= 11 is 0. The smallest absolute Gasteiger partial charge is 0.287 e. The molecule has 0 aromatic heterocycles. The second-order valence-electron chi connectivity index (χ2n) is 4.41.